The van der Waals surface area contributed by atoms with E-state index in [1.165, 1.54) is 29.5 Å². The zero-order chi connectivity index (χ0) is 10.8. The van der Waals surface area contributed by atoms with Crippen LogP contribution in [0.15, 0.2) is 30.8 Å². The van der Waals surface area contributed by atoms with Crippen LogP contribution in [0.5, 0.6) is 0 Å². The zero-order valence-electron chi connectivity index (χ0n) is 9.79. The summed E-state index contributed by atoms with van der Waals surface area (Å²) < 4.78 is 0. The molecule has 0 heterocycles. The van der Waals surface area contributed by atoms with Crippen LogP contribution >= 0.6 is 0 Å². The highest BCUT2D eigenvalue weighted by molar-refractivity contribution is 5.65. The molecule has 1 unspecified atom stereocenters. The maximum Gasteiger partial charge on any atom is -0.0162 e. The van der Waals surface area contributed by atoms with Crippen LogP contribution in [-0.4, -0.2) is 0 Å². The van der Waals surface area contributed by atoms with Crippen molar-refractivity contribution in [2.24, 2.45) is 11.8 Å². The van der Waals surface area contributed by atoms with Crippen molar-refractivity contribution in [2.45, 2.75) is 33.1 Å². The van der Waals surface area contributed by atoms with Gasteiger partial charge in [0.25, 0.3) is 0 Å². The van der Waals surface area contributed by atoms with E-state index in [1.807, 2.05) is 0 Å². The number of hydrogen-bond donors (Lipinski definition) is 0. The number of hydrogen-bond acceptors (Lipinski definition) is 0. The Morgan fingerprint density at radius 2 is 1.93 bits per heavy atom. The van der Waals surface area contributed by atoms with E-state index < -0.39 is 0 Å². The lowest BCUT2D eigenvalue weighted by atomic mass is 9.91. The Hall–Kier alpha value is -1.04. The van der Waals surface area contributed by atoms with E-state index in [-0.39, 0.29) is 0 Å². The molecule has 0 heteroatoms. The van der Waals surface area contributed by atoms with Crippen LogP contribution in [0.3, 0.4) is 0 Å². The fourth-order valence-electron chi connectivity index (χ4n) is 2.10. The van der Waals surface area contributed by atoms with E-state index in [0.29, 0.717) is 5.92 Å². The molecule has 0 radical (unpaired) electrons. The molecule has 15 heavy (non-hydrogen) atoms. The van der Waals surface area contributed by atoms with Gasteiger partial charge in [-0.2, -0.15) is 0 Å². The molecule has 0 aromatic heterocycles. The summed E-state index contributed by atoms with van der Waals surface area (Å²) in [4.78, 5) is 0. The lowest BCUT2D eigenvalue weighted by Gasteiger charge is -2.14. The second kappa shape index (κ2) is 4.22. The molecule has 1 aromatic rings. The third-order valence-corrected chi connectivity index (χ3v) is 3.61. The maximum absolute atomic E-state index is 4.24. The monoisotopic (exact) mass is 200 g/mol. The quantitative estimate of drug-likeness (QED) is 0.679. The fourth-order valence-corrected chi connectivity index (χ4v) is 2.10. The van der Waals surface area contributed by atoms with E-state index >= 15 is 0 Å². The molecular formula is C15H20. The molecule has 0 spiro atoms. The summed E-state index contributed by atoms with van der Waals surface area (Å²) in [5, 5.41) is 0. The molecule has 0 bridgehead atoms. The van der Waals surface area contributed by atoms with Gasteiger partial charge in [0.15, 0.2) is 0 Å². The summed E-state index contributed by atoms with van der Waals surface area (Å²) in [6.45, 7) is 8.75. The highest BCUT2D eigenvalue weighted by Gasteiger charge is 2.29. The summed E-state index contributed by atoms with van der Waals surface area (Å²) >= 11 is 0. The highest BCUT2D eigenvalue weighted by atomic mass is 14.3. The lowest BCUT2D eigenvalue weighted by Crippen LogP contribution is -1.99. The Kier molecular flexibility index (Phi) is 2.95. The van der Waals surface area contributed by atoms with Gasteiger partial charge >= 0.3 is 0 Å². The van der Waals surface area contributed by atoms with Crippen molar-refractivity contribution in [3.8, 4) is 0 Å². The number of benzene rings is 1. The van der Waals surface area contributed by atoms with Crippen LogP contribution in [-0.2, 0) is 6.42 Å². The predicted molar refractivity (Wildman–Crippen MR) is 66.7 cm³/mol. The number of aryl methyl sites for hydroxylation is 1. The molecule has 2 rings (SSSR count). The van der Waals surface area contributed by atoms with Crippen molar-refractivity contribution in [2.75, 3.05) is 0 Å². The Morgan fingerprint density at radius 3 is 2.40 bits per heavy atom. The fraction of sp³-hybridized carbons (Fsp3) is 0.467. The van der Waals surface area contributed by atoms with Crippen molar-refractivity contribution in [1.29, 1.82) is 0 Å². The molecule has 1 aliphatic rings. The van der Waals surface area contributed by atoms with Gasteiger partial charge in [0, 0.05) is 0 Å². The predicted octanol–water partition coefficient (Wildman–Crippen LogP) is 4.31. The van der Waals surface area contributed by atoms with E-state index in [1.54, 1.807) is 0 Å². The Bertz CT molecular complexity index is 341. The summed E-state index contributed by atoms with van der Waals surface area (Å²) in [6, 6.07) is 8.89. The van der Waals surface area contributed by atoms with Gasteiger partial charge in [-0.05, 0) is 47.8 Å². The maximum atomic E-state index is 4.24. The zero-order valence-corrected chi connectivity index (χ0v) is 9.79. The normalized spacial score (nSPS) is 17.5. The first-order chi connectivity index (χ1) is 7.22. The van der Waals surface area contributed by atoms with E-state index in [2.05, 4.69) is 44.7 Å². The molecule has 0 saturated heterocycles. The molecule has 1 saturated carbocycles. The van der Waals surface area contributed by atoms with E-state index in [0.717, 1.165) is 12.3 Å². The second-order valence-electron chi connectivity index (χ2n) is 4.70. The van der Waals surface area contributed by atoms with Crippen molar-refractivity contribution in [3.05, 3.63) is 42.0 Å². The first kappa shape index (κ1) is 10.5. The van der Waals surface area contributed by atoms with Gasteiger partial charge in [0.1, 0.15) is 0 Å². The van der Waals surface area contributed by atoms with Gasteiger partial charge in [-0.3, -0.25) is 0 Å². The molecule has 1 atom stereocenters. The highest BCUT2D eigenvalue weighted by Crippen LogP contribution is 2.42. The van der Waals surface area contributed by atoms with Crippen LogP contribution in [0.1, 0.15) is 37.8 Å². The molecule has 80 valence electrons. The molecule has 0 nitrogen and oxygen atoms in total. The van der Waals surface area contributed by atoms with Gasteiger partial charge in [0.2, 0.25) is 0 Å². The van der Waals surface area contributed by atoms with E-state index in [4.69, 9.17) is 0 Å². The molecule has 0 amide bonds. The standard InChI is InChI=1S/C15H20/c1-4-13-5-7-14(8-6-13)11(2)12(3)15-9-10-15/h5-8,12,15H,2,4,9-10H2,1,3H3. The Labute approximate surface area is 93.0 Å². The van der Waals surface area contributed by atoms with Crippen LogP contribution in [0.25, 0.3) is 5.57 Å². The lowest BCUT2D eigenvalue weighted by molar-refractivity contribution is 0.647. The summed E-state index contributed by atoms with van der Waals surface area (Å²) in [7, 11) is 0. The summed E-state index contributed by atoms with van der Waals surface area (Å²) in [6.07, 6.45) is 3.91. The average molecular weight is 200 g/mol. The van der Waals surface area contributed by atoms with E-state index in [9.17, 15) is 0 Å². The Balaban J connectivity index is 2.10. The van der Waals surface area contributed by atoms with Crippen molar-refractivity contribution in [3.63, 3.8) is 0 Å². The first-order valence-electron chi connectivity index (χ1n) is 6.00. The van der Waals surface area contributed by atoms with Gasteiger partial charge in [0.05, 0.1) is 0 Å². The van der Waals surface area contributed by atoms with Crippen molar-refractivity contribution < 1.29 is 0 Å². The van der Waals surface area contributed by atoms with Crippen LogP contribution in [0.4, 0.5) is 0 Å². The Morgan fingerprint density at radius 1 is 1.33 bits per heavy atom. The van der Waals surface area contributed by atoms with Crippen LogP contribution < -0.4 is 0 Å². The third kappa shape index (κ3) is 2.31. The summed E-state index contributed by atoms with van der Waals surface area (Å²) in [5.41, 5.74) is 4.05. The third-order valence-electron chi connectivity index (χ3n) is 3.61. The topological polar surface area (TPSA) is 0 Å². The minimum atomic E-state index is 0.664. The molecular weight excluding hydrogens is 180 g/mol. The van der Waals surface area contributed by atoms with Gasteiger partial charge in [-0.15, -0.1) is 0 Å². The largest absolute Gasteiger partial charge is 0.0950 e. The second-order valence-corrected chi connectivity index (χ2v) is 4.70. The molecule has 0 N–H and O–H groups in total. The van der Waals surface area contributed by atoms with Crippen LogP contribution in [0, 0.1) is 11.8 Å². The summed E-state index contributed by atoms with van der Waals surface area (Å²) in [5.74, 6) is 1.57. The molecule has 0 aliphatic heterocycles. The first-order valence-corrected chi connectivity index (χ1v) is 6.00. The molecule has 1 aromatic carbocycles. The van der Waals surface area contributed by atoms with Crippen molar-refractivity contribution >= 4 is 5.57 Å². The van der Waals surface area contributed by atoms with Gasteiger partial charge in [-0.25, -0.2) is 0 Å². The molecule has 1 fully saturated rings. The SMILES string of the molecule is C=C(c1ccc(CC)cc1)C(C)C1CC1. The minimum absolute atomic E-state index is 0.664. The van der Waals surface area contributed by atoms with Gasteiger partial charge in [-0.1, -0.05) is 44.7 Å². The van der Waals surface area contributed by atoms with Crippen LogP contribution in [0.2, 0.25) is 0 Å². The smallest absolute Gasteiger partial charge is 0.0162 e. The number of rotatable bonds is 4. The average Bonchev–Trinajstić information content (AvgIpc) is 3.11. The minimum Gasteiger partial charge on any atom is -0.0950 e. The van der Waals surface area contributed by atoms with Gasteiger partial charge < -0.3 is 0 Å². The van der Waals surface area contributed by atoms with Crippen molar-refractivity contribution in [1.82, 2.24) is 0 Å². The molecule has 1 aliphatic carbocycles. The number of allylic oxidation sites excluding steroid dienone is 1.